The fourth-order valence-electron chi connectivity index (χ4n) is 6.02. The third-order valence-corrected chi connectivity index (χ3v) is 9.04. The van der Waals surface area contributed by atoms with Crippen LogP contribution in [0.25, 0.3) is 10.9 Å². The van der Waals surface area contributed by atoms with Crippen LogP contribution in [0.5, 0.6) is 0 Å². The Labute approximate surface area is 238 Å². The van der Waals surface area contributed by atoms with Crippen molar-refractivity contribution in [2.45, 2.75) is 52.0 Å². The largest absolute Gasteiger partial charge is 0.396 e. The molecule has 0 unspecified atom stereocenters. The van der Waals surface area contributed by atoms with Gasteiger partial charge in [-0.25, -0.2) is 0 Å². The van der Waals surface area contributed by atoms with Gasteiger partial charge in [0.2, 0.25) is 0 Å². The summed E-state index contributed by atoms with van der Waals surface area (Å²) in [6.07, 6.45) is 3.87. The Balaban J connectivity index is 1.22. The molecule has 39 heavy (non-hydrogen) atoms. The molecular formula is C31H37BrN4O3. The lowest BCUT2D eigenvalue weighted by Crippen LogP contribution is -2.56. The third kappa shape index (κ3) is 5.82. The van der Waals surface area contributed by atoms with Crippen LogP contribution in [0.2, 0.25) is 0 Å². The second kappa shape index (κ2) is 11.6. The summed E-state index contributed by atoms with van der Waals surface area (Å²) in [5.74, 6) is 0.261. The van der Waals surface area contributed by atoms with E-state index >= 15 is 0 Å². The van der Waals surface area contributed by atoms with Crippen LogP contribution in [0, 0.1) is 12.8 Å². The molecule has 0 radical (unpaired) electrons. The van der Waals surface area contributed by atoms with Crippen LogP contribution >= 0.6 is 15.9 Å². The number of hydrogen-bond acceptors (Lipinski definition) is 5. The van der Waals surface area contributed by atoms with E-state index in [-0.39, 0.29) is 16.9 Å². The first-order valence-corrected chi connectivity index (χ1v) is 14.7. The summed E-state index contributed by atoms with van der Waals surface area (Å²) in [5.41, 5.74) is 4.16. The fraction of sp³-hybridized carbons (Fsp3) is 0.452. The van der Waals surface area contributed by atoms with Crippen LogP contribution in [-0.4, -0.2) is 64.7 Å². The summed E-state index contributed by atoms with van der Waals surface area (Å²) in [7, 11) is 0. The van der Waals surface area contributed by atoms with Crippen molar-refractivity contribution in [1.82, 2.24) is 14.8 Å². The number of aromatic amines is 1. The molecule has 0 bridgehead atoms. The minimum Gasteiger partial charge on any atom is -0.396 e. The number of carbonyl (C=O) groups is 1. The SMILES string of the molecule is CCO/N=C(\c1ccc(Br)cc1)C1CCN(C2(C)CCN(C(=O)c3cc(=O)c4cccc(C)c4[nH]3)CC2)CC1. The summed E-state index contributed by atoms with van der Waals surface area (Å²) in [6.45, 7) is 10.1. The maximum Gasteiger partial charge on any atom is 0.270 e. The fourth-order valence-corrected chi connectivity index (χ4v) is 6.29. The lowest BCUT2D eigenvalue weighted by Gasteiger charge is -2.49. The van der Waals surface area contributed by atoms with Gasteiger partial charge < -0.3 is 14.7 Å². The van der Waals surface area contributed by atoms with E-state index in [2.05, 4.69) is 62.2 Å². The maximum atomic E-state index is 13.4. The van der Waals surface area contributed by atoms with Crippen LogP contribution < -0.4 is 5.43 Å². The molecule has 2 fully saturated rings. The van der Waals surface area contributed by atoms with Crippen molar-refractivity contribution >= 4 is 38.5 Å². The van der Waals surface area contributed by atoms with Crippen LogP contribution in [0.1, 0.15) is 61.1 Å². The van der Waals surface area contributed by atoms with Crippen molar-refractivity contribution in [3.8, 4) is 0 Å². The number of hydrogen-bond donors (Lipinski definition) is 1. The number of pyridine rings is 1. The number of aromatic nitrogens is 1. The Morgan fingerprint density at radius 2 is 1.79 bits per heavy atom. The van der Waals surface area contributed by atoms with Gasteiger partial charge in [-0.05, 0) is 88.9 Å². The number of H-pyrrole nitrogens is 1. The average Bonchev–Trinajstić information content (AvgIpc) is 2.95. The predicted molar refractivity (Wildman–Crippen MR) is 159 cm³/mol. The zero-order valence-electron chi connectivity index (χ0n) is 23.0. The molecule has 1 amide bonds. The summed E-state index contributed by atoms with van der Waals surface area (Å²) < 4.78 is 1.05. The molecule has 3 heterocycles. The van der Waals surface area contributed by atoms with Crippen molar-refractivity contribution in [1.29, 1.82) is 0 Å². The monoisotopic (exact) mass is 592 g/mol. The van der Waals surface area contributed by atoms with Crippen molar-refractivity contribution < 1.29 is 9.63 Å². The van der Waals surface area contributed by atoms with Gasteiger partial charge in [0.05, 0.1) is 11.2 Å². The number of halogens is 1. The number of oxime groups is 1. The van der Waals surface area contributed by atoms with Gasteiger partial charge >= 0.3 is 0 Å². The number of nitrogens with zero attached hydrogens (tertiary/aromatic N) is 3. The van der Waals surface area contributed by atoms with Crippen LogP contribution in [0.4, 0.5) is 0 Å². The first-order valence-electron chi connectivity index (χ1n) is 13.9. The first-order chi connectivity index (χ1) is 18.8. The Morgan fingerprint density at radius 3 is 2.46 bits per heavy atom. The highest BCUT2D eigenvalue weighted by Gasteiger charge is 2.39. The Kier molecular flexibility index (Phi) is 8.24. The molecule has 2 aliphatic heterocycles. The summed E-state index contributed by atoms with van der Waals surface area (Å²) >= 11 is 3.52. The minimum absolute atomic E-state index is 0.0456. The smallest absolute Gasteiger partial charge is 0.270 e. The number of likely N-dealkylation sites (tertiary alicyclic amines) is 2. The van der Waals surface area contributed by atoms with E-state index in [0.717, 1.165) is 65.6 Å². The summed E-state index contributed by atoms with van der Waals surface area (Å²) in [5, 5.41) is 5.14. The van der Waals surface area contributed by atoms with E-state index < -0.39 is 0 Å². The van der Waals surface area contributed by atoms with E-state index in [9.17, 15) is 9.59 Å². The van der Waals surface area contributed by atoms with Crippen LogP contribution in [0.15, 0.2) is 63.0 Å². The van der Waals surface area contributed by atoms with E-state index in [1.807, 2.05) is 30.9 Å². The number of piperidine rings is 2. The third-order valence-electron chi connectivity index (χ3n) is 8.51. The number of amides is 1. The first kappa shape index (κ1) is 27.6. The number of aryl methyl sites for hydroxylation is 1. The molecule has 1 aromatic heterocycles. The van der Waals surface area contributed by atoms with Crippen molar-refractivity contribution in [2.75, 3.05) is 32.8 Å². The predicted octanol–water partition coefficient (Wildman–Crippen LogP) is 5.75. The Bertz CT molecular complexity index is 1420. The van der Waals surface area contributed by atoms with E-state index in [0.29, 0.717) is 36.7 Å². The number of benzene rings is 2. The van der Waals surface area contributed by atoms with Crippen molar-refractivity contribution in [3.63, 3.8) is 0 Å². The highest BCUT2D eigenvalue weighted by molar-refractivity contribution is 9.10. The van der Waals surface area contributed by atoms with Crippen molar-refractivity contribution in [3.05, 3.63) is 80.0 Å². The van der Waals surface area contributed by atoms with Crippen LogP contribution in [-0.2, 0) is 4.84 Å². The lowest BCUT2D eigenvalue weighted by molar-refractivity contribution is 0.0159. The maximum absolute atomic E-state index is 13.4. The average molecular weight is 594 g/mol. The number of carbonyl (C=O) groups excluding carboxylic acids is 1. The van der Waals surface area contributed by atoms with Gasteiger partial charge in [0.25, 0.3) is 5.91 Å². The molecule has 0 atom stereocenters. The molecule has 8 heteroatoms. The van der Waals surface area contributed by atoms with Crippen molar-refractivity contribution in [2.24, 2.45) is 11.1 Å². The molecule has 1 N–H and O–H groups in total. The van der Waals surface area contributed by atoms with E-state index in [1.54, 1.807) is 6.07 Å². The van der Waals surface area contributed by atoms with Gasteiger partial charge in [0, 0.05) is 40.5 Å². The van der Waals surface area contributed by atoms with Gasteiger partial charge in [-0.1, -0.05) is 45.4 Å². The number of fused-ring (bicyclic) bond motifs is 1. The molecule has 7 nitrogen and oxygen atoms in total. The number of para-hydroxylation sites is 1. The van der Waals surface area contributed by atoms with Gasteiger partial charge in [0.1, 0.15) is 12.3 Å². The topological polar surface area (TPSA) is 78.0 Å². The molecule has 5 rings (SSSR count). The summed E-state index contributed by atoms with van der Waals surface area (Å²) in [4.78, 5) is 39.3. The lowest BCUT2D eigenvalue weighted by atomic mass is 9.82. The molecule has 0 saturated carbocycles. The quantitative estimate of drug-likeness (QED) is 0.292. The van der Waals surface area contributed by atoms with Gasteiger partial charge in [-0.2, -0.15) is 0 Å². The van der Waals surface area contributed by atoms with Gasteiger partial charge in [-0.15, -0.1) is 0 Å². The standard InChI is InChI=1S/C31H37BrN4O3/c1-4-39-34-29(22-8-10-24(32)11-9-22)23-12-16-36(17-13-23)31(3)14-18-35(19-15-31)30(38)26-20-27(37)25-7-5-6-21(2)28(25)33-26/h5-11,20,23H,4,12-19H2,1-3H3,(H,33,37)/b34-29+. The highest BCUT2D eigenvalue weighted by atomic mass is 79.9. The van der Waals surface area contributed by atoms with Crippen LogP contribution in [0.3, 0.4) is 0 Å². The van der Waals surface area contributed by atoms with Gasteiger partial charge in [-0.3, -0.25) is 14.5 Å². The van der Waals surface area contributed by atoms with E-state index in [4.69, 9.17) is 4.84 Å². The molecule has 0 aliphatic carbocycles. The molecule has 2 aromatic carbocycles. The normalized spacial score (nSPS) is 18.9. The Morgan fingerprint density at radius 1 is 1.10 bits per heavy atom. The molecule has 206 valence electrons. The minimum atomic E-state index is -0.115. The molecule has 0 spiro atoms. The number of rotatable bonds is 6. The molecule has 3 aromatic rings. The molecular weight excluding hydrogens is 556 g/mol. The van der Waals surface area contributed by atoms with E-state index in [1.165, 1.54) is 6.07 Å². The molecule has 2 aliphatic rings. The molecule has 2 saturated heterocycles. The Hall–Kier alpha value is -2.97. The zero-order valence-corrected chi connectivity index (χ0v) is 24.6. The number of nitrogens with one attached hydrogen (secondary N) is 1. The second-order valence-electron chi connectivity index (χ2n) is 11.0. The second-order valence-corrected chi connectivity index (χ2v) is 11.9. The summed E-state index contributed by atoms with van der Waals surface area (Å²) in [6, 6.07) is 15.4. The zero-order chi connectivity index (χ0) is 27.6. The highest BCUT2D eigenvalue weighted by Crippen LogP contribution is 2.34. The van der Waals surface area contributed by atoms with Gasteiger partial charge in [0.15, 0.2) is 5.43 Å².